The fraction of sp³-hybridized carbons (Fsp3) is 0.438. The number of rotatable bonds is 2. The van der Waals surface area contributed by atoms with Crippen molar-refractivity contribution in [3.8, 4) is 5.75 Å². The molecule has 1 aromatic heterocycles. The van der Waals surface area contributed by atoms with Gasteiger partial charge in [-0.2, -0.15) is 0 Å². The van der Waals surface area contributed by atoms with Gasteiger partial charge in [0.05, 0.1) is 0 Å². The third-order valence-corrected chi connectivity index (χ3v) is 4.35. The molecule has 3 rings (SSSR count). The quantitative estimate of drug-likeness (QED) is 0.898. The summed E-state index contributed by atoms with van der Waals surface area (Å²) in [4.78, 5) is 4.60. The van der Waals surface area contributed by atoms with E-state index in [9.17, 15) is 0 Å². The van der Waals surface area contributed by atoms with Gasteiger partial charge in [0.1, 0.15) is 17.4 Å². The largest absolute Gasteiger partial charge is 0.487 e. The highest BCUT2D eigenvalue weighted by Crippen LogP contribution is 2.42. The van der Waals surface area contributed by atoms with Crippen LogP contribution in [-0.2, 0) is 0 Å². The number of fused-ring (bicyclic) bond motifs is 1. The van der Waals surface area contributed by atoms with Gasteiger partial charge in [-0.15, -0.1) is 0 Å². The van der Waals surface area contributed by atoms with Crippen LogP contribution in [0.3, 0.4) is 0 Å². The topological polar surface area (TPSA) is 48.1 Å². The van der Waals surface area contributed by atoms with Crippen LogP contribution in [0.4, 0.5) is 0 Å². The first kappa shape index (κ1) is 12.4. The van der Waals surface area contributed by atoms with Crippen LogP contribution in [-0.4, -0.2) is 17.1 Å². The average Bonchev–Trinajstić information content (AvgIpc) is 2.39. The first-order chi connectivity index (χ1) is 8.98. The van der Waals surface area contributed by atoms with E-state index < -0.39 is 0 Å². The Balaban J connectivity index is 1.95. The number of benzene rings is 1. The average molecular weight is 256 g/mol. The maximum absolute atomic E-state index is 6.16. The van der Waals surface area contributed by atoms with E-state index in [0.717, 1.165) is 28.8 Å². The van der Waals surface area contributed by atoms with Crippen LogP contribution in [0.25, 0.3) is 10.9 Å². The Kier molecular flexibility index (Phi) is 2.75. The van der Waals surface area contributed by atoms with E-state index in [1.165, 1.54) is 0 Å². The molecular weight excluding hydrogens is 236 g/mol. The molecule has 2 aromatic rings. The Morgan fingerprint density at radius 3 is 2.74 bits per heavy atom. The molecule has 0 radical (unpaired) electrons. The molecule has 3 nitrogen and oxygen atoms in total. The minimum Gasteiger partial charge on any atom is -0.487 e. The molecule has 1 saturated carbocycles. The summed E-state index contributed by atoms with van der Waals surface area (Å²) in [6.45, 7) is 6.32. The Labute approximate surface area is 113 Å². The van der Waals surface area contributed by atoms with Gasteiger partial charge >= 0.3 is 0 Å². The van der Waals surface area contributed by atoms with Crippen molar-refractivity contribution in [2.75, 3.05) is 0 Å². The molecule has 0 aliphatic heterocycles. The molecule has 2 unspecified atom stereocenters. The number of aryl methyl sites for hydroxylation is 1. The molecular formula is C16H20N2O. The Hall–Kier alpha value is -1.61. The van der Waals surface area contributed by atoms with Crippen molar-refractivity contribution in [2.45, 2.75) is 39.3 Å². The summed E-state index contributed by atoms with van der Waals surface area (Å²) in [6.07, 6.45) is 1.09. The second-order valence-electron chi connectivity index (χ2n) is 6.05. The van der Waals surface area contributed by atoms with Gasteiger partial charge in [0.15, 0.2) is 0 Å². The fourth-order valence-electron chi connectivity index (χ4n) is 2.58. The molecule has 1 fully saturated rings. The van der Waals surface area contributed by atoms with Crippen molar-refractivity contribution >= 4 is 10.9 Å². The summed E-state index contributed by atoms with van der Waals surface area (Å²) < 4.78 is 6.16. The number of para-hydroxylation sites is 1. The predicted molar refractivity (Wildman–Crippen MR) is 77.3 cm³/mol. The van der Waals surface area contributed by atoms with Crippen molar-refractivity contribution < 1.29 is 4.74 Å². The normalized spacial score (nSPS) is 25.1. The highest BCUT2D eigenvalue weighted by molar-refractivity contribution is 5.84. The summed E-state index contributed by atoms with van der Waals surface area (Å²) in [5, 5.41) is 1.12. The molecule has 2 atom stereocenters. The molecule has 100 valence electrons. The molecule has 1 heterocycles. The van der Waals surface area contributed by atoms with E-state index in [1.807, 2.05) is 25.1 Å². The minimum atomic E-state index is 0.0337. The van der Waals surface area contributed by atoms with Gasteiger partial charge < -0.3 is 10.5 Å². The van der Waals surface area contributed by atoms with Gasteiger partial charge in [0, 0.05) is 29.0 Å². The van der Waals surface area contributed by atoms with Crippen LogP contribution >= 0.6 is 0 Å². The molecule has 0 bridgehead atoms. The summed E-state index contributed by atoms with van der Waals surface area (Å²) in [5.41, 5.74) is 8.03. The third-order valence-electron chi connectivity index (χ3n) is 4.35. The van der Waals surface area contributed by atoms with E-state index in [1.54, 1.807) is 0 Å². The van der Waals surface area contributed by atoms with Crippen molar-refractivity contribution in [3.63, 3.8) is 0 Å². The van der Waals surface area contributed by atoms with E-state index in [2.05, 4.69) is 31.0 Å². The highest BCUT2D eigenvalue weighted by atomic mass is 16.5. The zero-order chi connectivity index (χ0) is 13.6. The fourth-order valence-corrected chi connectivity index (χ4v) is 2.58. The van der Waals surface area contributed by atoms with Crippen molar-refractivity contribution in [1.82, 2.24) is 4.98 Å². The van der Waals surface area contributed by atoms with Crippen LogP contribution in [0.5, 0.6) is 5.75 Å². The molecule has 19 heavy (non-hydrogen) atoms. The van der Waals surface area contributed by atoms with Crippen LogP contribution < -0.4 is 10.5 Å². The lowest BCUT2D eigenvalue weighted by Crippen LogP contribution is -2.60. The molecule has 0 amide bonds. The monoisotopic (exact) mass is 256 g/mol. The first-order valence-corrected chi connectivity index (χ1v) is 6.77. The Morgan fingerprint density at radius 1 is 1.26 bits per heavy atom. The third kappa shape index (κ3) is 1.98. The van der Waals surface area contributed by atoms with Crippen LogP contribution in [0.15, 0.2) is 30.3 Å². The van der Waals surface area contributed by atoms with Gasteiger partial charge in [-0.3, -0.25) is 0 Å². The number of aromatic nitrogens is 1. The van der Waals surface area contributed by atoms with Gasteiger partial charge in [-0.25, -0.2) is 4.98 Å². The molecule has 2 N–H and O–H groups in total. The molecule has 1 aliphatic rings. The molecule has 0 saturated heterocycles. The van der Waals surface area contributed by atoms with Crippen LogP contribution in [0.1, 0.15) is 26.0 Å². The summed E-state index contributed by atoms with van der Waals surface area (Å²) in [5.74, 6) is 0.867. The zero-order valence-electron chi connectivity index (χ0n) is 11.7. The smallest absolute Gasteiger partial charge is 0.145 e. The van der Waals surface area contributed by atoms with Crippen molar-refractivity contribution in [3.05, 3.63) is 36.0 Å². The number of nitrogens with two attached hydrogens (primary N) is 1. The summed E-state index contributed by atoms with van der Waals surface area (Å²) >= 11 is 0. The van der Waals surface area contributed by atoms with E-state index in [-0.39, 0.29) is 17.6 Å². The lowest BCUT2D eigenvalue weighted by atomic mass is 9.65. The maximum Gasteiger partial charge on any atom is 0.145 e. The van der Waals surface area contributed by atoms with Gasteiger partial charge in [0.2, 0.25) is 0 Å². The highest BCUT2D eigenvalue weighted by Gasteiger charge is 2.48. The number of pyridine rings is 1. The zero-order valence-corrected chi connectivity index (χ0v) is 11.7. The molecule has 0 spiro atoms. The van der Waals surface area contributed by atoms with E-state index in [4.69, 9.17) is 10.5 Å². The second-order valence-corrected chi connectivity index (χ2v) is 6.05. The van der Waals surface area contributed by atoms with Crippen LogP contribution in [0.2, 0.25) is 0 Å². The van der Waals surface area contributed by atoms with E-state index >= 15 is 0 Å². The lowest BCUT2D eigenvalue weighted by molar-refractivity contribution is -0.0392. The van der Waals surface area contributed by atoms with Crippen molar-refractivity contribution in [1.29, 1.82) is 0 Å². The lowest BCUT2D eigenvalue weighted by Gasteiger charge is -2.49. The second kappa shape index (κ2) is 4.20. The summed E-state index contributed by atoms with van der Waals surface area (Å²) in [6, 6.07) is 10.4. The molecule has 1 aromatic carbocycles. The minimum absolute atomic E-state index is 0.0337. The predicted octanol–water partition coefficient (Wildman–Crippen LogP) is 3.05. The van der Waals surface area contributed by atoms with Gasteiger partial charge in [0.25, 0.3) is 0 Å². The Morgan fingerprint density at radius 2 is 2.05 bits per heavy atom. The van der Waals surface area contributed by atoms with Gasteiger partial charge in [-0.05, 0) is 19.1 Å². The number of ether oxygens (including phenoxy) is 1. The number of hydrogen-bond donors (Lipinski definition) is 1. The SMILES string of the molecule is Cc1ccc2cccc(OC3CC(N)C3(C)C)c2n1. The summed E-state index contributed by atoms with van der Waals surface area (Å²) in [7, 11) is 0. The van der Waals surface area contributed by atoms with E-state index in [0.29, 0.717) is 0 Å². The Bertz CT molecular complexity index is 621. The maximum atomic E-state index is 6.16. The molecule has 3 heteroatoms. The van der Waals surface area contributed by atoms with Crippen LogP contribution in [0, 0.1) is 12.3 Å². The standard InChI is InChI=1S/C16H20N2O/c1-10-7-8-11-5-4-6-12(15(11)18-10)19-14-9-13(17)16(14,2)3/h4-8,13-14H,9,17H2,1-3H3. The van der Waals surface area contributed by atoms with Gasteiger partial charge in [-0.1, -0.05) is 32.0 Å². The van der Waals surface area contributed by atoms with Crippen molar-refractivity contribution in [2.24, 2.45) is 11.1 Å². The number of nitrogens with zero attached hydrogens (tertiary/aromatic N) is 1. The first-order valence-electron chi connectivity index (χ1n) is 6.77. The number of hydrogen-bond acceptors (Lipinski definition) is 3. The molecule has 1 aliphatic carbocycles.